The van der Waals surface area contributed by atoms with Crippen molar-refractivity contribution in [1.29, 1.82) is 0 Å². The van der Waals surface area contributed by atoms with Crippen LogP contribution in [0.25, 0.3) is 0 Å². The number of morpholine rings is 1. The number of nitrogens with zero attached hydrogens (tertiary/aromatic N) is 1. The third-order valence-corrected chi connectivity index (χ3v) is 4.07. The van der Waals surface area contributed by atoms with Crippen LogP contribution in [0.4, 0.5) is 0 Å². The van der Waals surface area contributed by atoms with Crippen LogP contribution in [0.15, 0.2) is 18.2 Å². The molecule has 2 aliphatic rings. The van der Waals surface area contributed by atoms with Gasteiger partial charge in [-0.2, -0.15) is 0 Å². The summed E-state index contributed by atoms with van der Waals surface area (Å²) < 4.78 is 5.77. The zero-order valence-electron chi connectivity index (χ0n) is 12.0. The van der Waals surface area contributed by atoms with Gasteiger partial charge in [-0.3, -0.25) is 4.90 Å². The summed E-state index contributed by atoms with van der Waals surface area (Å²) in [5.74, 6) is 0. The molecule has 0 atom stereocenters. The molecule has 0 aromatic heterocycles. The van der Waals surface area contributed by atoms with Gasteiger partial charge in [0.25, 0.3) is 0 Å². The molecule has 1 aromatic carbocycles. The van der Waals surface area contributed by atoms with Crippen molar-refractivity contribution < 1.29 is 4.74 Å². The largest absolute Gasteiger partial charge is 0.373 e. The Kier molecular flexibility index (Phi) is 3.61. The fraction of sp³-hybridized carbons (Fsp3) is 0.625. The topological polar surface area (TPSA) is 24.5 Å². The number of hydrogen-bond donors (Lipinski definition) is 1. The first-order valence-corrected chi connectivity index (χ1v) is 7.30. The Balaban J connectivity index is 1.69. The fourth-order valence-electron chi connectivity index (χ4n) is 3.14. The van der Waals surface area contributed by atoms with Gasteiger partial charge < -0.3 is 10.1 Å². The number of rotatable bonds is 2. The average molecular weight is 260 g/mol. The van der Waals surface area contributed by atoms with Gasteiger partial charge in [0.1, 0.15) is 0 Å². The first-order valence-electron chi connectivity index (χ1n) is 7.30. The Hall–Kier alpha value is -0.900. The minimum absolute atomic E-state index is 0.00594. The summed E-state index contributed by atoms with van der Waals surface area (Å²) in [7, 11) is 0. The van der Waals surface area contributed by atoms with Crippen LogP contribution in [-0.4, -0.2) is 36.7 Å². The van der Waals surface area contributed by atoms with E-state index in [2.05, 4.69) is 42.3 Å². The Labute approximate surface area is 115 Å². The quantitative estimate of drug-likeness (QED) is 0.879. The summed E-state index contributed by atoms with van der Waals surface area (Å²) in [6.07, 6.45) is 1.17. The third kappa shape index (κ3) is 3.16. The molecular formula is C16H24N2O. The molecule has 3 nitrogen and oxygen atoms in total. The van der Waals surface area contributed by atoms with Crippen LogP contribution < -0.4 is 5.32 Å². The lowest BCUT2D eigenvalue weighted by molar-refractivity contribution is -0.0882. The van der Waals surface area contributed by atoms with Crippen LogP contribution in [0.2, 0.25) is 0 Å². The van der Waals surface area contributed by atoms with Gasteiger partial charge in [0, 0.05) is 26.2 Å². The van der Waals surface area contributed by atoms with E-state index in [1.807, 2.05) is 0 Å². The van der Waals surface area contributed by atoms with E-state index in [9.17, 15) is 0 Å². The third-order valence-electron chi connectivity index (χ3n) is 4.07. The molecule has 104 valence electrons. The first kappa shape index (κ1) is 13.1. The standard InChI is InChI=1S/C16H24N2O/c1-16(2)12-18(7-8-19-16)11-13-3-4-14-5-6-17-10-15(14)9-13/h3-4,9,17H,5-8,10-12H2,1-2H3. The van der Waals surface area contributed by atoms with Crippen LogP contribution >= 0.6 is 0 Å². The predicted molar refractivity (Wildman–Crippen MR) is 77.2 cm³/mol. The second kappa shape index (κ2) is 5.23. The summed E-state index contributed by atoms with van der Waals surface area (Å²) in [5.41, 5.74) is 4.43. The van der Waals surface area contributed by atoms with Crippen LogP contribution in [0.3, 0.4) is 0 Å². The fourth-order valence-corrected chi connectivity index (χ4v) is 3.14. The molecule has 1 saturated heterocycles. The molecule has 3 rings (SSSR count). The van der Waals surface area contributed by atoms with Gasteiger partial charge in [0.05, 0.1) is 12.2 Å². The molecule has 0 aliphatic carbocycles. The van der Waals surface area contributed by atoms with Gasteiger partial charge in [0.2, 0.25) is 0 Å². The summed E-state index contributed by atoms with van der Waals surface area (Å²) in [6.45, 7) is 10.4. The maximum Gasteiger partial charge on any atom is 0.0753 e. The van der Waals surface area contributed by atoms with Crippen molar-refractivity contribution in [2.75, 3.05) is 26.2 Å². The van der Waals surface area contributed by atoms with Crippen molar-refractivity contribution in [3.8, 4) is 0 Å². The monoisotopic (exact) mass is 260 g/mol. The number of fused-ring (bicyclic) bond motifs is 1. The number of hydrogen-bond acceptors (Lipinski definition) is 3. The van der Waals surface area contributed by atoms with Crippen molar-refractivity contribution in [3.63, 3.8) is 0 Å². The lowest BCUT2D eigenvalue weighted by Crippen LogP contribution is -2.47. The van der Waals surface area contributed by atoms with E-state index in [0.717, 1.165) is 39.3 Å². The van der Waals surface area contributed by atoms with E-state index in [-0.39, 0.29) is 5.60 Å². The second-order valence-electron chi connectivity index (χ2n) is 6.35. The Morgan fingerprint density at radius 1 is 1.32 bits per heavy atom. The molecule has 2 heterocycles. The zero-order valence-corrected chi connectivity index (χ0v) is 12.0. The zero-order chi connectivity index (χ0) is 13.3. The molecule has 0 spiro atoms. The van der Waals surface area contributed by atoms with Crippen molar-refractivity contribution in [1.82, 2.24) is 10.2 Å². The van der Waals surface area contributed by atoms with E-state index in [1.54, 1.807) is 0 Å². The van der Waals surface area contributed by atoms with Crippen LogP contribution in [0.1, 0.15) is 30.5 Å². The molecule has 2 aliphatic heterocycles. The summed E-state index contributed by atoms with van der Waals surface area (Å²) in [5, 5.41) is 3.45. The molecule has 0 unspecified atom stereocenters. The van der Waals surface area contributed by atoms with Crippen molar-refractivity contribution in [2.45, 2.75) is 39.0 Å². The minimum atomic E-state index is -0.00594. The molecule has 3 heteroatoms. The van der Waals surface area contributed by atoms with Gasteiger partial charge in [-0.1, -0.05) is 18.2 Å². The van der Waals surface area contributed by atoms with Crippen LogP contribution in [-0.2, 0) is 24.2 Å². The van der Waals surface area contributed by atoms with E-state index < -0.39 is 0 Å². The molecular weight excluding hydrogens is 236 g/mol. The van der Waals surface area contributed by atoms with Gasteiger partial charge in [0.15, 0.2) is 0 Å². The molecule has 1 N–H and O–H groups in total. The van der Waals surface area contributed by atoms with E-state index in [0.29, 0.717) is 0 Å². The first-order chi connectivity index (χ1) is 9.12. The maximum absolute atomic E-state index is 5.77. The van der Waals surface area contributed by atoms with Crippen molar-refractivity contribution in [2.24, 2.45) is 0 Å². The normalized spacial score (nSPS) is 23.1. The highest BCUT2D eigenvalue weighted by Crippen LogP contribution is 2.21. The molecule has 0 radical (unpaired) electrons. The molecule has 0 saturated carbocycles. The number of ether oxygens (including phenoxy) is 1. The predicted octanol–water partition coefficient (Wildman–Crippen LogP) is 1.94. The highest BCUT2D eigenvalue weighted by atomic mass is 16.5. The van der Waals surface area contributed by atoms with Gasteiger partial charge in [-0.15, -0.1) is 0 Å². The molecule has 0 amide bonds. The Bertz CT molecular complexity index is 456. The lowest BCUT2D eigenvalue weighted by Gasteiger charge is -2.38. The van der Waals surface area contributed by atoms with E-state index in [1.165, 1.54) is 23.1 Å². The summed E-state index contributed by atoms with van der Waals surface area (Å²) >= 11 is 0. The van der Waals surface area contributed by atoms with Crippen molar-refractivity contribution >= 4 is 0 Å². The molecule has 19 heavy (non-hydrogen) atoms. The van der Waals surface area contributed by atoms with Crippen LogP contribution in [0, 0.1) is 0 Å². The average Bonchev–Trinajstić information content (AvgIpc) is 2.37. The van der Waals surface area contributed by atoms with E-state index >= 15 is 0 Å². The number of nitrogens with one attached hydrogen (secondary N) is 1. The van der Waals surface area contributed by atoms with Crippen LogP contribution in [0.5, 0.6) is 0 Å². The highest BCUT2D eigenvalue weighted by molar-refractivity contribution is 5.33. The SMILES string of the molecule is CC1(C)CN(Cc2ccc3c(c2)CNCC3)CCO1. The summed E-state index contributed by atoms with van der Waals surface area (Å²) in [6, 6.07) is 6.99. The molecule has 1 aromatic rings. The smallest absolute Gasteiger partial charge is 0.0753 e. The Morgan fingerprint density at radius 3 is 3.05 bits per heavy atom. The summed E-state index contributed by atoms with van der Waals surface area (Å²) in [4.78, 5) is 2.50. The maximum atomic E-state index is 5.77. The Morgan fingerprint density at radius 2 is 2.21 bits per heavy atom. The van der Waals surface area contributed by atoms with Crippen molar-refractivity contribution in [3.05, 3.63) is 34.9 Å². The molecule has 0 bridgehead atoms. The highest BCUT2D eigenvalue weighted by Gasteiger charge is 2.27. The van der Waals surface area contributed by atoms with Gasteiger partial charge in [-0.25, -0.2) is 0 Å². The molecule has 1 fully saturated rings. The second-order valence-corrected chi connectivity index (χ2v) is 6.35. The van der Waals surface area contributed by atoms with Gasteiger partial charge in [-0.05, 0) is 43.5 Å². The van der Waals surface area contributed by atoms with Gasteiger partial charge >= 0.3 is 0 Å². The minimum Gasteiger partial charge on any atom is -0.373 e. The number of benzene rings is 1. The lowest BCUT2D eigenvalue weighted by atomic mass is 9.98. The van der Waals surface area contributed by atoms with E-state index in [4.69, 9.17) is 4.74 Å².